The summed E-state index contributed by atoms with van der Waals surface area (Å²) in [5.41, 5.74) is 0.553. The molecule has 2 unspecified atom stereocenters. The number of carbonyl (C=O) groups is 3. The van der Waals surface area contributed by atoms with Crippen LogP contribution in [0.1, 0.15) is 25.3 Å². The number of non-ortho nitro benzene ring substituents is 1. The molecule has 0 saturated carbocycles. The van der Waals surface area contributed by atoms with Gasteiger partial charge >= 0.3 is 5.97 Å². The van der Waals surface area contributed by atoms with Crippen LogP contribution in [0.5, 0.6) is 0 Å². The number of esters is 1. The molecule has 9 nitrogen and oxygen atoms in total. The maximum atomic E-state index is 11.8. The Morgan fingerprint density at radius 3 is 2.60 bits per heavy atom. The Labute approximate surface area is 143 Å². The minimum Gasteiger partial charge on any atom is -0.461 e. The van der Waals surface area contributed by atoms with Crippen molar-refractivity contribution in [3.63, 3.8) is 0 Å². The lowest BCUT2D eigenvalue weighted by molar-refractivity contribution is -0.384. The van der Waals surface area contributed by atoms with E-state index < -0.39 is 34.9 Å². The molecule has 25 heavy (non-hydrogen) atoms. The molecule has 1 fully saturated rings. The molecule has 1 N–H and O–H groups in total. The highest BCUT2D eigenvalue weighted by Crippen LogP contribution is 2.31. The molecule has 1 aromatic rings. The van der Waals surface area contributed by atoms with Gasteiger partial charge in [0.25, 0.3) is 5.69 Å². The number of ether oxygens (including phenoxy) is 1. The number of aliphatic hydroxyl groups excluding tert-OH is 1. The highest BCUT2D eigenvalue weighted by Gasteiger charge is 2.49. The zero-order valence-corrected chi connectivity index (χ0v) is 13.5. The summed E-state index contributed by atoms with van der Waals surface area (Å²) in [6.45, 7) is 1.43. The fourth-order valence-electron chi connectivity index (χ4n) is 2.78. The average molecular weight is 350 g/mol. The number of β-lactam (4-membered cyclic amide) rings is 1. The summed E-state index contributed by atoms with van der Waals surface area (Å²) in [7, 11) is 0. The van der Waals surface area contributed by atoms with E-state index in [1.165, 1.54) is 31.2 Å². The maximum Gasteiger partial charge on any atom is 0.306 e. The Morgan fingerprint density at radius 1 is 1.44 bits per heavy atom. The number of carbonyl (C=O) groups excluding carboxylic acids is 3. The Hall–Kier alpha value is -2.81. The van der Waals surface area contributed by atoms with Crippen molar-refractivity contribution in [3.8, 4) is 0 Å². The smallest absolute Gasteiger partial charge is 0.306 e. The first kappa shape index (κ1) is 18.5. The number of hydrogen-bond donors (Lipinski definition) is 1. The standard InChI is InChI=1S/C16H18N2O7/c1-10(20)15-13(17(9-19)16(15)22)6-7-14(21)25-8-11-2-4-12(5-3-11)18(23)24/h2-5,9-10,13,15,20H,6-8H2,1H3/t10-,13?,15?/m1/s1. The van der Waals surface area contributed by atoms with Crippen molar-refractivity contribution in [2.75, 3.05) is 0 Å². The molecule has 9 heteroatoms. The van der Waals surface area contributed by atoms with Crippen LogP contribution in [0.2, 0.25) is 0 Å². The molecule has 1 aromatic carbocycles. The molecular weight excluding hydrogens is 332 g/mol. The summed E-state index contributed by atoms with van der Waals surface area (Å²) in [4.78, 5) is 45.3. The van der Waals surface area contributed by atoms with E-state index in [9.17, 15) is 29.6 Å². The highest BCUT2D eigenvalue weighted by molar-refractivity contribution is 5.95. The van der Waals surface area contributed by atoms with E-state index >= 15 is 0 Å². The molecule has 0 bridgehead atoms. The van der Waals surface area contributed by atoms with Crippen molar-refractivity contribution < 1.29 is 29.2 Å². The Bertz CT molecular complexity index is 672. The fraction of sp³-hybridized carbons (Fsp3) is 0.438. The third-order valence-corrected chi connectivity index (χ3v) is 4.14. The lowest BCUT2D eigenvalue weighted by Gasteiger charge is -2.44. The first-order valence-corrected chi connectivity index (χ1v) is 7.69. The predicted molar refractivity (Wildman–Crippen MR) is 84.0 cm³/mol. The van der Waals surface area contributed by atoms with Crippen LogP contribution in [0.3, 0.4) is 0 Å². The van der Waals surface area contributed by atoms with Gasteiger partial charge in [-0.1, -0.05) is 0 Å². The Morgan fingerprint density at radius 2 is 2.08 bits per heavy atom. The largest absolute Gasteiger partial charge is 0.461 e. The monoisotopic (exact) mass is 350 g/mol. The van der Waals surface area contributed by atoms with Gasteiger partial charge in [-0.15, -0.1) is 0 Å². The second-order valence-electron chi connectivity index (χ2n) is 5.81. The van der Waals surface area contributed by atoms with Crippen LogP contribution in [-0.4, -0.2) is 45.4 Å². The number of imide groups is 1. The van der Waals surface area contributed by atoms with E-state index in [-0.39, 0.29) is 25.1 Å². The summed E-state index contributed by atoms with van der Waals surface area (Å²) >= 11 is 0. The zero-order chi connectivity index (χ0) is 18.6. The van der Waals surface area contributed by atoms with Gasteiger partial charge in [-0.25, -0.2) is 0 Å². The fourth-order valence-corrected chi connectivity index (χ4v) is 2.78. The first-order valence-electron chi connectivity index (χ1n) is 7.69. The van der Waals surface area contributed by atoms with Gasteiger partial charge in [0.15, 0.2) is 0 Å². The topological polar surface area (TPSA) is 127 Å². The average Bonchev–Trinajstić information content (AvgIpc) is 2.56. The number of amides is 2. The lowest BCUT2D eigenvalue weighted by atomic mass is 9.81. The lowest BCUT2D eigenvalue weighted by Crippen LogP contribution is -2.63. The van der Waals surface area contributed by atoms with Gasteiger partial charge in [-0.2, -0.15) is 0 Å². The van der Waals surface area contributed by atoms with Crippen LogP contribution in [0, 0.1) is 16.0 Å². The minimum absolute atomic E-state index is 0.0154. The molecule has 0 aromatic heterocycles. The van der Waals surface area contributed by atoms with Crippen LogP contribution in [0.4, 0.5) is 5.69 Å². The SMILES string of the molecule is C[C@@H](O)C1C(=O)N(C=O)C1CCC(=O)OCc1ccc([N+](=O)[O-])cc1. The molecule has 1 saturated heterocycles. The number of rotatable bonds is 8. The summed E-state index contributed by atoms with van der Waals surface area (Å²) in [5.74, 6) is -1.66. The number of benzene rings is 1. The van der Waals surface area contributed by atoms with Crippen molar-refractivity contribution >= 4 is 24.0 Å². The van der Waals surface area contributed by atoms with Crippen LogP contribution < -0.4 is 0 Å². The quantitative estimate of drug-likeness (QED) is 0.241. The van der Waals surface area contributed by atoms with Crippen LogP contribution in [-0.2, 0) is 25.7 Å². The van der Waals surface area contributed by atoms with Crippen LogP contribution >= 0.6 is 0 Å². The molecule has 1 heterocycles. The number of aliphatic hydroxyl groups is 1. The third kappa shape index (κ3) is 4.18. The number of likely N-dealkylation sites (tertiary alicyclic amines) is 1. The molecule has 134 valence electrons. The van der Waals surface area contributed by atoms with Crippen molar-refractivity contribution in [2.24, 2.45) is 5.92 Å². The van der Waals surface area contributed by atoms with E-state index in [1.54, 1.807) is 0 Å². The maximum absolute atomic E-state index is 11.8. The molecule has 3 atom stereocenters. The summed E-state index contributed by atoms with van der Waals surface area (Å²) in [6, 6.07) is 5.11. The second-order valence-corrected chi connectivity index (χ2v) is 5.81. The van der Waals surface area contributed by atoms with Crippen molar-refractivity contribution in [1.29, 1.82) is 0 Å². The van der Waals surface area contributed by atoms with Crippen molar-refractivity contribution in [2.45, 2.75) is 38.5 Å². The highest BCUT2D eigenvalue weighted by atomic mass is 16.6. The number of nitro benzene ring substituents is 1. The van der Waals surface area contributed by atoms with E-state index in [0.29, 0.717) is 12.0 Å². The van der Waals surface area contributed by atoms with E-state index in [2.05, 4.69) is 0 Å². The third-order valence-electron chi connectivity index (χ3n) is 4.14. The molecule has 2 amide bonds. The van der Waals surface area contributed by atoms with Gasteiger partial charge in [0, 0.05) is 18.6 Å². The minimum atomic E-state index is -0.898. The molecule has 0 aliphatic carbocycles. The number of nitrogens with zero attached hydrogens (tertiary/aromatic N) is 2. The first-order chi connectivity index (χ1) is 11.8. The molecular formula is C16H18N2O7. The van der Waals surface area contributed by atoms with Gasteiger partial charge < -0.3 is 9.84 Å². The summed E-state index contributed by atoms with van der Waals surface area (Å²) < 4.78 is 5.08. The normalized spacial score (nSPS) is 20.6. The number of hydrogen-bond acceptors (Lipinski definition) is 7. The summed E-state index contributed by atoms with van der Waals surface area (Å²) in [5, 5.41) is 20.1. The summed E-state index contributed by atoms with van der Waals surface area (Å²) in [6.07, 6.45) is -0.309. The predicted octanol–water partition coefficient (Wildman–Crippen LogP) is 0.782. The molecule has 0 radical (unpaired) electrons. The van der Waals surface area contributed by atoms with Crippen molar-refractivity contribution in [1.82, 2.24) is 4.90 Å². The number of nitro groups is 1. The van der Waals surface area contributed by atoms with Crippen LogP contribution in [0.15, 0.2) is 24.3 Å². The molecule has 1 aliphatic heterocycles. The van der Waals surface area contributed by atoms with Gasteiger partial charge in [-0.3, -0.25) is 29.4 Å². The van der Waals surface area contributed by atoms with Crippen LogP contribution in [0.25, 0.3) is 0 Å². The van der Waals surface area contributed by atoms with Gasteiger partial charge in [0.05, 0.1) is 23.0 Å². The molecule has 2 rings (SSSR count). The molecule has 0 spiro atoms. The van der Waals surface area contributed by atoms with Gasteiger partial charge in [0.1, 0.15) is 6.61 Å². The van der Waals surface area contributed by atoms with Gasteiger partial charge in [0.2, 0.25) is 12.3 Å². The van der Waals surface area contributed by atoms with E-state index in [0.717, 1.165) is 4.90 Å². The van der Waals surface area contributed by atoms with E-state index in [4.69, 9.17) is 4.74 Å². The van der Waals surface area contributed by atoms with E-state index in [1.807, 2.05) is 0 Å². The Kier molecular flexibility index (Phi) is 5.81. The zero-order valence-electron chi connectivity index (χ0n) is 13.5. The second kappa shape index (κ2) is 7.84. The van der Waals surface area contributed by atoms with Gasteiger partial charge in [-0.05, 0) is 31.0 Å². The Balaban J connectivity index is 1.81. The van der Waals surface area contributed by atoms with Crippen molar-refractivity contribution in [3.05, 3.63) is 39.9 Å². The molecule has 1 aliphatic rings.